The van der Waals surface area contributed by atoms with Crippen molar-refractivity contribution in [1.82, 2.24) is 0 Å². The molecule has 1 fully saturated rings. The summed E-state index contributed by atoms with van der Waals surface area (Å²) < 4.78 is 0. The van der Waals surface area contributed by atoms with E-state index in [9.17, 15) is 5.11 Å². The zero-order valence-electron chi connectivity index (χ0n) is 10.7. The second kappa shape index (κ2) is 5.47. The lowest BCUT2D eigenvalue weighted by Gasteiger charge is -2.24. The minimum absolute atomic E-state index is 0.0339. The van der Waals surface area contributed by atoms with Gasteiger partial charge in [0.1, 0.15) is 0 Å². The van der Waals surface area contributed by atoms with Crippen LogP contribution in [0, 0.1) is 0 Å². The molecule has 100 valence electrons. The normalized spacial score (nSPS) is 25.0. The highest BCUT2D eigenvalue weighted by atomic mass is 35.5. The number of hydrogen-bond donors (Lipinski definition) is 2. The van der Waals surface area contributed by atoms with Crippen molar-refractivity contribution in [3.05, 3.63) is 28.8 Å². The van der Waals surface area contributed by atoms with Crippen LogP contribution in [0.5, 0.6) is 0 Å². The SMILES string of the molecule is CC1(O)CCCN(c2ccc(CO)c(Cl)c2)CC1. The Morgan fingerprint density at radius 2 is 2.11 bits per heavy atom. The third-order valence-electron chi connectivity index (χ3n) is 3.64. The molecular formula is C14H20ClNO2. The van der Waals surface area contributed by atoms with Gasteiger partial charge in [0.25, 0.3) is 0 Å². The highest BCUT2D eigenvalue weighted by molar-refractivity contribution is 6.31. The summed E-state index contributed by atoms with van der Waals surface area (Å²) in [7, 11) is 0. The molecule has 1 aliphatic heterocycles. The van der Waals surface area contributed by atoms with Crippen LogP contribution in [0.3, 0.4) is 0 Å². The molecule has 1 atom stereocenters. The van der Waals surface area contributed by atoms with Gasteiger partial charge in [-0.15, -0.1) is 0 Å². The van der Waals surface area contributed by atoms with Crippen LogP contribution in [0.1, 0.15) is 31.7 Å². The van der Waals surface area contributed by atoms with Gasteiger partial charge in [-0.3, -0.25) is 0 Å². The Kier molecular flexibility index (Phi) is 4.15. The van der Waals surface area contributed by atoms with Crippen LogP contribution in [-0.2, 0) is 6.61 Å². The van der Waals surface area contributed by atoms with E-state index in [-0.39, 0.29) is 6.61 Å². The molecule has 3 nitrogen and oxygen atoms in total. The lowest BCUT2D eigenvalue weighted by atomic mass is 9.98. The fraction of sp³-hybridized carbons (Fsp3) is 0.571. The first-order valence-electron chi connectivity index (χ1n) is 6.38. The van der Waals surface area contributed by atoms with E-state index in [4.69, 9.17) is 16.7 Å². The highest BCUT2D eigenvalue weighted by Crippen LogP contribution is 2.28. The van der Waals surface area contributed by atoms with E-state index in [1.807, 2.05) is 25.1 Å². The number of aliphatic hydroxyl groups is 2. The zero-order chi connectivity index (χ0) is 13.2. The molecule has 0 amide bonds. The fourth-order valence-corrected chi connectivity index (χ4v) is 2.62. The lowest BCUT2D eigenvalue weighted by molar-refractivity contribution is 0.0481. The Bertz CT molecular complexity index is 420. The van der Waals surface area contributed by atoms with Gasteiger partial charge < -0.3 is 15.1 Å². The maximum Gasteiger partial charge on any atom is 0.0696 e. The fourth-order valence-electron chi connectivity index (χ4n) is 2.38. The summed E-state index contributed by atoms with van der Waals surface area (Å²) in [5.74, 6) is 0. The maximum atomic E-state index is 10.1. The van der Waals surface area contributed by atoms with Crippen LogP contribution in [0.2, 0.25) is 5.02 Å². The second-order valence-corrected chi connectivity index (χ2v) is 5.68. The van der Waals surface area contributed by atoms with Crippen LogP contribution in [0.4, 0.5) is 5.69 Å². The zero-order valence-corrected chi connectivity index (χ0v) is 11.5. The van der Waals surface area contributed by atoms with Crippen molar-refractivity contribution in [2.75, 3.05) is 18.0 Å². The van der Waals surface area contributed by atoms with Gasteiger partial charge in [0.2, 0.25) is 0 Å². The number of nitrogens with zero attached hydrogens (tertiary/aromatic N) is 1. The quantitative estimate of drug-likeness (QED) is 0.867. The van der Waals surface area contributed by atoms with Crippen LogP contribution < -0.4 is 4.90 Å². The monoisotopic (exact) mass is 269 g/mol. The summed E-state index contributed by atoms with van der Waals surface area (Å²) in [5, 5.41) is 19.8. The molecule has 1 aliphatic rings. The first kappa shape index (κ1) is 13.7. The average molecular weight is 270 g/mol. The van der Waals surface area contributed by atoms with Gasteiger partial charge in [-0.05, 0) is 43.9 Å². The molecule has 0 saturated carbocycles. The summed E-state index contributed by atoms with van der Waals surface area (Å²) in [6, 6.07) is 5.74. The topological polar surface area (TPSA) is 43.7 Å². The summed E-state index contributed by atoms with van der Waals surface area (Å²) in [4.78, 5) is 2.24. The number of hydrogen-bond acceptors (Lipinski definition) is 3. The molecule has 0 spiro atoms. The number of rotatable bonds is 2. The Balaban J connectivity index is 2.14. The van der Waals surface area contributed by atoms with E-state index < -0.39 is 5.60 Å². The molecule has 18 heavy (non-hydrogen) atoms. The first-order valence-corrected chi connectivity index (χ1v) is 6.76. The molecule has 0 bridgehead atoms. The molecule has 0 aliphatic carbocycles. The standard InChI is InChI=1S/C14H20ClNO2/c1-14(18)5-2-7-16(8-6-14)12-4-3-11(10-17)13(15)9-12/h3-4,9,17-18H,2,5-8,10H2,1H3. The molecule has 4 heteroatoms. The summed E-state index contributed by atoms with van der Waals surface area (Å²) in [5.41, 5.74) is 1.26. The van der Waals surface area contributed by atoms with E-state index in [0.29, 0.717) is 5.02 Å². The number of anilines is 1. The number of halogens is 1. The third kappa shape index (κ3) is 3.16. The molecule has 0 aromatic heterocycles. The molecule has 1 saturated heterocycles. The second-order valence-electron chi connectivity index (χ2n) is 5.27. The summed E-state index contributed by atoms with van der Waals surface area (Å²) in [6.07, 6.45) is 2.59. The van der Waals surface area contributed by atoms with Crippen molar-refractivity contribution >= 4 is 17.3 Å². The van der Waals surface area contributed by atoms with Crippen molar-refractivity contribution in [2.45, 2.75) is 38.4 Å². The Labute approximate surface area is 113 Å². The smallest absolute Gasteiger partial charge is 0.0696 e. The molecule has 1 heterocycles. The molecule has 2 N–H and O–H groups in total. The Hall–Kier alpha value is -0.770. The van der Waals surface area contributed by atoms with E-state index in [1.54, 1.807) is 0 Å². The Morgan fingerprint density at radius 1 is 1.33 bits per heavy atom. The van der Waals surface area contributed by atoms with Gasteiger partial charge in [0.15, 0.2) is 0 Å². The summed E-state index contributed by atoms with van der Waals surface area (Å²) in [6.45, 7) is 3.64. The van der Waals surface area contributed by atoms with Crippen LogP contribution >= 0.6 is 11.6 Å². The molecule has 1 aromatic rings. The first-order chi connectivity index (χ1) is 8.52. The predicted molar refractivity (Wildman–Crippen MR) is 74.1 cm³/mol. The van der Waals surface area contributed by atoms with Crippen molar-refractivity contribution in [1.29, 1.82) is 0 Å². The van der Waals surface area contributed by atoms with E-state index in [2.05, 4.69) is 4.90 Å². The van der Waals surface area contributed by atoms with Crippen LogP contribution in [-0.4, -0.2) is 28.9 Å². The van der Waals surface area contributed by atoms with E-state index >= 15 is 0 Å². The van der Waals surface area contributed by atoms with Crippen molar-refractivity contribution < 1.29 is 10.2 Å². The van der Waals surface area contributed by atoms with E-state index in [0.717, 1.165) is 43.6 Å². The van der Waals surface area contributed by atoms with E-state index in [1.165, 1.54) is 0 Å². The number of benzene rings is 1. The third-order valence-corrected chi connectivity index (χ3v) is 3.99. The minimum atomic E-state index is -0.552. The Morgan fingerprint density at radius 3 is 2.78 bits per heavy atom. The van der Waals surface area contributed by atoms with Gasteiger partial charge >= 0.3 is 0 Å². The van der Waals surface area contributed by atoms with Gasteiger partial charge in [0, 0.05) is 23.8 Å². The maximum absolute atomic E-state index is 10.1. The molecule has 0 radical (unpaired) electrons. The van der Waals surface area contributed by atoms with Gasteiger partial charge in [-0.25, -0.2) is 0 Å². The summed E-state index contributed by atoms with van der Waals surface area (Å²) >= 11 is 6.11. The minimum Gasteiger partial charge on any atom is -0.392 e. The van der Waals surface area contributed by atoms with Gasteiger partial charge in [0.05, 0.1) is 12.2 Å². The largest absolute Gasteiger partial charge is 0.392 e. The average Bonchev–Trinajstić information content (AvgIpc) is 2.50. The van der Waals surface area contributed by atoms with Gasteiger partial charge in [-0.1, -0.05) is 17.7 Å². The molecule has 2 rings (SSSR count). The molecule has 1 aromatic carbocycles. The predicted octanol–water partition coefficient (Wildman–Crippen LogP) is 2.57. The van der Waals surface area contributed by atoms with Crippen molar-refractivity contribution in [2.24, 2.45) is 0 Å². The highest BCUT2D eigenvalue weighted by Gasteiger charge is 2.25. The molecular weight excluding hydrogens is 250 g/mol. The number of aliphatic hydroxyl groups excluding tert-OH is 1. The lowest BCUT2D eigenvalue weighted by Crippen LogP contribution is -2.28. The van der Waals surface area contributed by atoms with Crippen LogP contribution in [0.15, 0.2) is 18.2 Å². The molecule has 1 unspecified atom stereocenters. The van der Waals surface area contributed by atoms with Crippen LogP contribution in [0.25, 0.3) is 0 Å². The van der Waals surface area contributed by atoms with Crippen molar-refractivity contribution in [3.63, 3.8) is 0 Å². The van der Waals surface area contributed by atoms with Crippen molar-refractivity contribution in [3.8, 4) is 0 Å². The van der Waals surface area contributed by atoms with Gasteiger partial charge in [-0.2, -0.15) is 0 Å².